The van der Waals surface area contributed by atoms with Gasteiger partial charge in [-0.1, -0.05) is 36.4 Å². The molecular weight excluding hydrogens is 268 g/mol. The number of hydrogen-bond acceptors (Lipinski definition) is 3. The fourth-order valence-electron chi connectivity index (χ4n) is 2.06. The Morgan fingerprint density at radius 1 is 1.05 bits per heavy atom. The Labute approximate surface area is 122 Å². The highest BCUT2D eigenvalue weighted by Gasteiger charge is 2.29. The van der Waals surface area contributed by atoms with Gasteiger partial charge < -0.3 is 15.8 Å². The second-order valence-corrected chi connectivity index (χ2v) is 4.43. The van der Waals surface area contributed by atoms with E-state index >= 15 is 0 Å². The van der Waals surface area contributed by atoms with E-state index in [1.807, 2.05) is 6.07 Å². The van der Waals surface area contributed by atoms with Gasteiger partial charge in [0.15, 0.2) is 0 Å². The van der Waals surface area contributed by atoms with Gasteiger partial charge >= 0.3 is 0 Å². The predicted octanol–water partition coefficient (Wildman–Crippen LogP) is 1.90. The fraction of sp³-hybridized carbons (Fsp3) is 0.125. The molecule has 5 nitrogen and oxygen atoms in total. The maximum absolute atomic E-state index is 12.4. The van der Waals surface area contributed by atoms with Crippen LogP contribution in [0.4, 0.5) is 5.69 Å². The monoisotopic (exact) mass is 284 g/mol. The number of ether oxygens (including phenoxy) is 1. The molecule has 1 atom stereocenters. The number of anilines is 1. The first-order chi connectivity index (χ1) is 10.1. The molecule has 2 amide bonds. The Kier molecular flexibility index (Phi) is 4.56. The SMILES string of the molecule is COc1ccccc1C(C(N)=O)C(=O)Nc1ccccc1. The summed E-state index contributed by atoms with van der Waals surface area (Å²) in [6.07, 6.45) is 0. The van der Waals surface area contributed by atoms with E-state index in [0.717, 1.165) is 0 Å². The van der Waals surface area contributed by atoms with Crippen LogP contribution in [-0.2, 0) is 9.59 Å². The van der Waals surface area contributed by atoms with Gasteiger partial charge in [-0.05, 0) is 18.2 Å². The number of nitrogens with one attached hydrogen (secondary N) is 1. The van der Waals surface area contributed by atoms with Gasteiger partial charge in [0.25, 0.3) is 0 Å². The Morgan fingerprint density at radius 2 is 1.67 bits per heavy atom. The minimum atomic E-state index is -1.11. The molecule has 0 radical (unpaired) electrons. The lowest BCUT2D eigenvalue weighted by Gasteiger charge is -2.16. The summed E-state index contributed by atoms with van der Waals surface area (Å²) in [4.78, 5) is 24.1. The molecule has 0 heterocycles. The third-order valence-electron chi connectivity index (χ3n) is 3.04. The minimum Gasteiger partial charge on any atom is -0.496 e. The number of carbonyl (C=O) groups excluding carboxylic acids is 2. The molecular formula is C16H16N2O3. The van der Waals surface area contributed by atoms with Gasteiger partial charge in [-0.3, -0.25) is 9.59 Å². The van der Waals surface area contributed by atoms with Crippen molar-refractivity contribution in [2.45, 2.75) is 5.92 Å². The molecule has 108 valence electrons. The van der Waals surface area contributed by atoms with E-state index in [2.05, 4.69) is 5.32 Å². The molecule has 5 heteroatoms. The van der Waals surface area contributed by atoms with Crippen LogP contribution in [0.15, 0.2) is 54.6 Å². The number of nitrogens with two attached hydrogens (primary N) is 1. The highest BCUT2D eigenvalue weighted by molar-refractivity contribution is 6.11. The molecule has 2 aromatic rings. The van der Waals surface area contributed by atoms with Crippen molar-refractivity contribution in [2.24, 2.45) is 5.73 Å². The minimum absolute atomic E-state index is 0.445. The molecule has 0 spiro atoms. The van der Waals surface area contributed by atoms with Crippen LogP contribution in [-0.4, -0.2) is 18.9 Å². The average Bonchev–Trinajstić information content (AvgIpc) is 2.48. The number of rotatable bonds is 5. The number of hydrogen-bond donors (Lipinski definition) is 2. The molecule has 0 saturated heterocycles. The zero-order valence-electron chi connectivity index (χ0n) is 11.6. The van der Waals surface area contributed by atoms with Crippen molar-refractivity contribution in [1.82, 2.24) is 0 Å². The van der Waals surface area contributed by atoms with Crippen LogP contribution >= 0.6 is 0 Å². The van der Waals surface area contributed by atoms with Crippen LogP contribution in [0.1, 0.15) is 11.5 Å². The molecule has 0 aromatic heterocycles. The van der Waals surface area contributed by atoms with Crippen LogP contribution in [0.25, 0.3) is 0 Å². The van der Waals surface area contributed by atoms with Crippen LogP contribution < -0.4 is 15.8 Å². The number of para-hydroxylation sites is 2. The van der Waals surface area contributed by atoms with Crippen molar-refractivity contribution in [3.05, 3.63) is 60.2 Å². The van der Waals surface area contributed by atoms with Crippen LogP contribution in [0, 0.1) is 0 Å². The van der Waals surface area contributed by atoms with Gasteiger partial charge in [-0.25, -0.2) is 0 Å². The Bertz CT molecular complexity index is 641. The molecule has 0 aliphatic rings. The van der Waals surface area contributed by atoms with Crippen LogP contribution in [0.3, 0.4) is 0 Å². The topological polar surface area (TPSA) is 81.4 Å². The number of carbonyl (C=O) groups is 2. The summed E-state index contributed by atoms with van der Waals surface area (Å²) in [6.45, 7) is 0. The smallest absolute Gasteiger partial charge is 0.241 e. The zero-order valence-corrected chi connectivity index (χ0v) is 11.6. The summed E-state index contributed by atoms with van der Waals surface area (Å²) in [7, 11) is 1.48. The first kappa shape index (κ1) is 14.6. The molecule has 0 bridgehead atoms. The van der Waals surface area contributed by atoms with Crippen molar-refractivity contribution in [3.8, 4) is 5.75 Å². The van der Waals surface area contributed by atoms with E-state index in [9.17, 15) is 9.59 Å². The van der Waals surface area contributed by atoms with Crippen molar-refractivity contribution < 1.29 is 14.3 Å². The Balaban J connectivity index is 2.31. The fourth-order valence-corrected chi connectivity index (χ4v) is 2.06. The number of primary amides is 1. The molecule has 0 aliphatic heterocycles. The third kappa shape index (κ3) is 3.39. The molecule has 1 unspecified atom stereocenters. The standard InChI is InChI=1S/C16H16N2O3/c1-21-13-10-6-5-9-12(13)14(15(17)19)16(20)18-11-7-3-2-4-8-11/h2-10,14H,1H3,(H2,17,19)(H,18,20). The highest BCUT2D eigenvalue weighted by Crippen LogP contribution is 2.27. The lowest BCUT2D eigenvalue weighted by Crippen LogP contribution is -2.32. The lowest BCUT2D eigenvalue weighted by molar-refractivity contribution is -0.127. The summed E-state index contributed by atoms with van der Waals surface area (Å²) in [5, 5.41) is 2.68. The second-order valence-electron chi connectivity index (χ2n) is 4.43. The van der Waals surface area contributed by atoms with E-state index in [1.165, 1.54) is 7.11 Å². The van der Waals surface area contributed by atoms with Gasteiger partial charge in [0.2, 0.25) is 11.8 Å². The van der Waals surface area contributed by atoms with Gasteiger partial charge in [0.1, 0.15) is 11.7 Å². The first-order valence-electron chi connectivity index (χ1n) is 6.41. The van der Waals surface area contributed by atoms with E-state index in [0.29, 0.717) is 17.0 Å². The summed E-state index contributed by atoms with van der Waals surface area (Å²) in [5.41, 5.74) is 6.44. The molecule has 3 N–H and O–H groups in total. The van der Waals surface area contributed by atoms with Crippen molar-refractivity contribution in [2.75, 3.05) is 12.4 Å². The first-order valence-corrected chi connectivity index (χ1v) is 6.41. The molecule has 0 saturated carbocycles. The van der Waals surface area contributed by atoms with Gasteiger partial charge in [0, 0.05) is 11.3 Å². The van der Waals surface area contributed by atoms with Gasteiger partial charge in [0.05, 0.1) is 7.11 Å². The van der Waals surface area contributed by atoms with Crippen molar-refractivity contribution in [1.29, 1.82) is 0 Å². The quantitative estimate of drug-likeness (QED) is 0.823. The van der Waals surface area contributed by atoms with Crippen LogP contribution in [0.2, 0.25) is 0 Å². The van der Waals surface area contributed by atoms with E-state index in [1.54, 1.807) is 48.5 Å². The summed E-state index contributed by atoms with van der Waals surface area (Å²) in [5.74, 6) is -1.88. The zero-order chi connectivity index (χ0) is 15.2. The Morgan fingerprint density at radius 3 is 2.29 bits per heavy atom. The van der Waals surface area contributed by atoms with Crippen molar-refractivity contribution >= 4 is 17.5 Å². The van der Waals surface area contributed by atoms with Gasteiger partial charge in [-0.15, -0.1) is 0 Å². The predicted molar refractivity (Wildman–Crippen MR) is 80.0 cm³/mol. The number of benzene rings is 2. The van der Waals surface area contributed by atoms with Crippen LogP contribution in [0.5, 0.6) is 5.75 Å². The Hall–Kier alpha value is -2.82. The molecule has 0 fully saturated rings. The molecule has 2 rings (SSSR count). The van der Waals surface area contributed by atoms with E-state index in [4.69, 9.17) is 10.5 Å². The highest BCUT2D eigenvalue weighted by atomic mass is 16.5. The maximum Gasteiger partial charge on any atom is 0.241 e. The summed E-state index contributed by atoms with van der Waals surface area (Å²) >= 11 is 0. The summed E-state index contributed by atoms with van der Waals surface area (Å²) in [6, 6.07) is 15.7. The van der Waals surface area contributed by atoms with Crippen molar-refractivity contribution in [3.63, 3.8) is 0 Å². The van der Waals surface area contributed by atoms with Gasteiger partial charge in [-0.2, -0.15) is 0 Å². The number of methoxy groups -OCH3 is 1. The maximum atomic E-state index is 12.4. The lowest BCUT2D eigenvalue weighted by atomic mass is 9.96. The second kappa shape index (κ2) is 6.56. The third-order valence-corrected chi connectivity index (χ3v) is 3.04. The van der Waals surface area contributed by atoms with E-state index < -0.39 is 17.7 Å². The summed E-state index contributed by atoms with van der Waals surface area (Å²) < 4.78 is 5.19. The molecule has 21 heavy (non-hydrogen) atoms. The normalized spacial score (nSPS) is 11.5. The molecule has 2 aromatic carbocycles. The van der Waals surface area contributed by atoms with E-state index in [-0.39, 0.29) is 0 Å². The largest absolute Gasteiger partial charge is 0.496 e. The average molecular weight is 284 g/mol. The number of amides is 2. The molecule has 0 aliphatic carbocycles.